The largest absolute Gasteiger partial charge is 0.454 e. The second-order valence-corrected chi connectivity index (χ2v) is 4.60. The number of rotatable bonds is 2. The highest BCUT2D eigenvalue weighted by Crippen LogP contribution is 2.37. The maximum atomic E-state index is 11.3. The Bertz CT molecular complexity index is 447. The third-order valence-corrected chi connectivity index (χ3v) is 3.00. The van der Waals surface area contributed by atoms with E-state index in [9.17, 15) is 4.79 Å². The van der Waals surface area contributed by atoms with Gasteiger partial charge in [-0.1, -0.05) is 15.9 Å². The Hall–Kier alpha value is -1.43. The van der Waals surface area contributed by atoms with Gasteiger partial charge >= 0.3 is 6.09 Å². The van der Waals surface area contributed by atoms with E-state index in [1.807, 2.05) is 0 Å². The first-order valence-corrected chi connectivity index (χ1v) is 5.79. The molecule has 92 valence electrons. The Balaban J connectivity index is 2.09. The maximum Gasteiger partial charge on any atom is 0.409 e. The Morgan fingerprint density at radius 2 is 2.06 bits per heavy atom. The van der Waals surface area contributed by atoms with E-state index in [0.29, 0.717) is 11.5 Å². The highest BCUT2D eigenvalue weighted by molar-refractivity contribution is 9.10. The number of benzene rings is 1. The summed E-state index contributed by atoms with van der Waals surface area (Å²) in [6, 6.07) is 3.61. The summed E-state index contributed by atoms with van der Waals surface area (Å²) in [5.74, 6) is 1.36. The lowest BCUT2D eigenvalue weighted by Crippen LogP contribution is -2.22. The van der Waals surface area contributed by atoms with Gasteiger partial charge in [0, 0.05) is 24.1 Å². The van der Waals surface area contributed by atoms with Crippen molar-refractivity contribution in [1.82, 2.24) is 4.90 Å². The number of nitrogens with zero attached hydrogens (tertiary/aromatic N) is 1. The molecule has 5 nitrogen and oxygen atoms in total. The third kappa shape index (κ3) is 2.63. The summed E-state index contributed by atoms with van der Waals surface area (Å²) >= 11 is 3.40. The van der Waals surface area contributed by atoms with Crippen LogP contribution < -0.4 is 9.47 Å². The Morgan fingerprint density at radius 1 is 1.41 bits per heavy atom. The molecule has 0 saturated heterocycles. The molecule has 1 aromatic rings. The van der Waals surface area contributed by atoms with E-state index in [1.54, 1.807) is 26.2 Å². The number of ether oxygens (including phenoxy) is 3. The molecule has 0 N–H and O–H groups in total. The normalized spacial score (nSPS) is 12.4. The molecule has 0 spiro atoms. The van der Waals surface area contributed by atoms with Crippen LogP contribution in [0.3, 0.4) is 0 Å². The van der Waals surface area contributed by atoms with Crippen molar-refractivity contribution in [1.29, 1.82) is 0 Å². The molecule has 1 amide bonds. The number of amides is 1. The molecule has 0 aromatic heterocycles. The van der Waals surface area contributed by atoms with E-state index in [1.165, 1.54) is 4.90 Å². The van der Waals surface area contributed by atoms with Gasteiger partial charge in [0.2, 0.25) is 6.79 Å². The van der Waals surface area contributed by atoms with Gasteiger partial charge in [-0.05, 0) is 12.1 Å². The molecule has 1 heterocycles. The van der Waals surface area contributed by atoms with Crippen LogP contribution in [-0.4, -0.2) is 31.9 Å². The molecular weight excluding hydrogens is 290 g/mol. The Labute approximate surface area is 107 Å². The average molecular weight is 302 g/mol. The summed E-state index contributed by atoms with van der Waals surface area (Å²) in [4.78, 5) is 12.7. The van der Waals surface area contributed by atoms with Gasteiger partial charge in [-0.25, -0.2) is 4.79 Å². The van der Waals surface area contributed by atoms with Gasteiger partial charge in [-0.2, -0.15) is 0 Å². The van der Waals surface area contributed by atoms with E-state index < -0.39 is 0 Å². The lowest BCUT2D eigenvalue weighted by molar-refractivity contribution is 0.112. The molecule has 1 aliphatic rings. The van der Waals surface area contributed by atoms with Crippen LogP contribution in [0.4, 0.5) is 4.79 Å². The summed E-state index contributed by atoms with van der Waals surface area (Å²) in [7, 11) is 3.27. The summed E-state index contributed by atoms with van der Waals surface area (Å²) < 4.78 is 16.4. The number of hydrogen-bond donors (Lipinski definition) is 0. The number of carbonyl (C=O) groups is 1. The van der Waals surface area contributed by atoms with Crippen LogP contribution in [0.25, 0.3) is 0 Å². The molecule has 0 radical (unpaired) electrons. The quantitative estimate of drug-likeness (QED) is 0.841. The van der Waals surface area contributed by atoms with Crippen molar-refractivity contribution in [2.75, 3.05) is 20.9 Å². The van der Waals surface area contributed by atoms with Gasteiger partial charge in [0.05, 0.1) is 0 Å². The fourth-order valence-electron chi connectivity index (χ4n) is 1.34. The average Bonchev–Trinajstić information content (AvgIpc) is 2.72. The zero-order valence-electron chi connectivity index (χ0n) is 9.53. The first-order chi connectivity index (χ1) is 8.08. The van der Waals surface area contributed by atoms with E-state index >= 15 is 0 Å². The fourth-order valence-corrected chi connectivity index (χ4v) is 1.78. The first kappa shape index (κ1) is 12.0. The van der Waals surface area contributed by atoms with Crippen molar-refractivity contribution < 1.29 is 19.0 Å². The molecule has 0 bridgehead atoms. The van der Waals surface area contributed by atoms with Crippen LogP contribution in [0.1, 0.15) is 5.56 Å². The third-order valence-electron chi connectivity index (χ3n) is 2.26. The van der Waals surface area contributed by atoms with E-state index in [-0.39, 0.29) is 19.5 Å². The van der Waals surface area contributed by atoms with E-state index in [4.69, 9.17) is 14.2 Å². The highest BCUT2D eigenvalue weighted by Gasteiger charge is 2.17. The topological polar surface area (TPSA) is 48.0 Å². The van der Waals surface area contributed by atoms with Crippen LogP contribution >= 0.6 is 15.9 Å². The SMILES string of the molecule is CN(C)C(=O)OCc1cc2c(cc1Br)OCO2. The summed E-state index contributed by atoms with van der Waals surface area (Å²) in [5.41, 5.74) is 0.837. The first-order valence-electron chi connectivity index (χ1n) is 5.00. The predicted octanol–water partition coefficient (Wildman–Crippen LogP) is 2.38. The van der Waals surface area contributed by atoms with Crippen molar-refractivity contribution in [3.8, 4) is 11.5 Å². The van der Waals surface area contributed by atoms with Crippen molar-refractivity contribution in [2.24, 2.45) is 0 Å². The minimum absolute atomic E-state index is 0.189. The van der Waals surface area contributed by atoms with Crippen LogP contribution in [0.5, 0.6) is 11.5 Å². The maximum absolute atomic E-state index is 11.3. The molecule has 2 rings (SSSR count). The van der Waals surface area contributed by atoms with Gasteiger partial charge in [0.25, 0.3) is 0 Å². The minimum Gasteiger partial charge on any atom is -0.454 e. The summed E-state index contributed by atoms with van der Waals surface area (Å²) in [5, 5.41) is 0. The molecule has 0 atom stereocenters. The van der Waals surface area contributed by atoms with Crippen LogP contribution in [0.2, 0.25) is 0 Å². The van der Waals surface area contributed by atoms with Crippen LogP contribution in [0.15, 0.2) is 16.6 Å². The molecule has 0 saturated carbocycles. The van der Waals surface area contributed by atoms with E-state index in [2.05, 4.69) is 15.9 Å². The lowest BCUT2D eigenvalue weighted by atomic mass is 10.2. The Kier molecular flexibility index (Phi) is 3.42. The van der Waals surface area contributed by atoms with Gasteiger partial charge in [-0.15, -0.1) is 0 Å². The fraction of sp³-hybridized carbons (Fsp3) is 0.364. The number of hydrogen-bond acceptors (Lipinski definition) is 4. The number of halogens is 1. The second kappa shape index (κ2) is 4.83. The zero-order valence-corrected chi connectivity index (χ0v) is 11.1. The van der Waals surface area contributed by atoms with Crippen LogP contribution in [-0.2, 0) is 11.3 Å². The summed E-state index contributed by atoms with van der Waals surface area (Å²) in [6.07, 6.45) is -0.380. The monoisotopic (exact) mass is 301 g/mol. The van der Waals surface area contributed by atoms with Crippen molar-refractivity contribution in [3.05, 3.63) is 22.2 Å². The molecule has 1 aliphatic heterocycles. The number of carbonyl (C=O) groups excluding carboxylic acids is 1. The van der Waals surface area contributed by atoms with Crippen molar-refractivity contribution in [2.45, 2.75) is 6.61 Å². The molecular formula is C11H12BrNO4. The van der Waals surface area contributed by atoms with Gasteiger partial charge < -0.3 is 19.1 Å². The van der Waals surface area contributed by atoms with Crippen molar-refractivity contribution >= 4 is 22.0 Å². The Morgan fingerprint density at radius 3 is 2.71 bits per heavy atom. The van der Waals surface area contributed by atoms with E-state index in [0.717, 1.165) is 10.0 Å². The minimum atomic E-state index is -0.380. The standard InChI is InChI=1S/C11H12BrNO4/c1-13(2)11(14)15-5-7-3-9-10(4-8(7)12)17-6-16-9/h3-4H,5-6H2,1-2H3. The molecule has 0 aliphatic carbocycles. The molecule has 17 heavy (non-hydrogen) atoms. The molecule has 0 fully saturated rings. The van der Waals surface area contributed by atoms with Crippen molar-refractivity contribution in [3.63, 3.8) is 0 Å². The number of fused-ring (bicyclic) bond motifs is 1. The van der Waals surface area contributed by atoms with Crippen LogP contribution in [0, 0.1) is 0 Å². The van der Waals surface area contributed by atoms with Gasteiger partial charge in [-0.3, -0.25) is 0 Å². The smallest absolute Gasteiger partial charge is 0.409 e. The second-order valence-electron chi connectivity index (χ2n) is 3.75. The zero-order chi connectivity index (χ0) is 12.4. The lowest BCUT2D eigenvalue weighted by Gasteiger charge is -2.12. The molecule has 1 aromatic carbocycles. The van der Waals surface area contributed by atoms with Gasteiger partial charge in [0.15, 0.2) is 11.5 Å². The highest BCUT2D eigenvalue weighted by atomic mass is 79.9. The predicted molar refractivity (Wildman–Crippen MR) is 64.1 cm³/mol. The summed E-state index contributed by atoms with van der Waals surface area (Å²) in [6.45, 7) is 0.414. The molecule has 0 unspecified atom stereocenters. The molecule has 6 heteroatoms. The van der Waals surface area contributed by atoms with Gasteiger partial charge in [0.1, 0.15) is 6.61 Å².